The maximum atomic E-state index is 13.9. The van der Waals surface area contributed by atoms with Crippen LogP contribution in [0.25, 0.3) is 0 Å². The molecule has 6 heteroatoms. The lowest BCUT2D eigenvalue weighted by Gasteiger charge is -2.36. The van der Waals surface area contributed by atoms with Gasteiger partial charge >= 0.3 is 0 Å². The van der Waals surface area contributed by atoms with Gasteiger partial charge in [0, 0.05) is 26.2 Å². The van der Waals surface area contributed by atoms with E-state index < -0.39 is 5.82 Å². The first-order valence-electron chi connectivity index (χ1n) is 8.73. The number of rotatable bonds is 5. The highest BCUT2D eigenvalue weighted by Crippen LogP contribution is 2.28. The first-order valence-corrected chi connectivity index (χ1v) is 8.73. The Hall–Kier alpha value is -2.60. The Morgan fingerprint density at radius 1 is 1.15 bits per heavy atom. The van der Waals surface area contributed by atoms with E-state index in [4.69, 9.17) is 4.74 Å². The molecule has 0 spiro atoms. The van der Waals surface area contributed by atoms with Crippen LogP contribution >= 0.6 is 0 Å². The molecule has 0 unspecified atom stereocenters. The van der Waals surface area contributed by atoms with E-state index in [0.29, 0.717) is 0 Å². The molecule has 26 heavy (non-hydrogen) atoms. The van der Waals surface area contributed by atoms with Gasteiger partial charge in [-0.2, -0.15) is 0 Å². The number of carbonyl (C=O) groups is 1. The third-order valence-electron chi connectivity index (χ3n) is 4.56. The van der Waals surface area contributed by atoms with E-state index in [2.05, 4.69) is 15.1 Å². The lowest BCUT2D eigenvalue weighted by molar-refractivity contribution is -0.117. The molecule has 1 aliphatic heterocycles. The molecule has 3 rings (SSSR count). The number of nitrogens with one attached hydrogen (secondary N) is 1. The summed E-state index contributed by atoms with van der Waals surface area (Å²) >= 11 is 0. The molecule has 0 saturated carbocycles. The second-order valence-corrected chi connectivity index (χ2v) is 6.47. The minimum absolute atomic E-state index is 0.196. The van der Waals surface area contributed by atoms with E-state index in [1.807, 2.05) is 31.2 Å². The van der Waals surface area contributed by atoms with Gasteiger partial charge in [0.1, 0.15) is 11.6 Å². The van der Waals surface area contributed by atoms with Gasteiger partial charge in [-0.3, -0.25) is 9.69 Å². The number of anilines is 2. The Morgan fingerprint density at radius 2 is 1.88 bits per heavy atom. The molecular weight excluding hydrogens is 333 g/mol. The van der Waals surface area contributed by atoms with Crippen molar-refractivity contribution in [2.75, 3.05) is 50.1 Å². The van der Waals surface area contributed by atoms with Crippen LogP contribution in [0, 0.1) is 12.7 Å². The molecule has 1 saturated heterocycles. The number of hydrogen-bond acceptors (Lipinski definition) is 4. The third kappa shape index (κ3) is 4.32. The first kappa shape index (κ1) is 18.2. The van der Waals surface area contributed by atoms with E-state index in [1.54, 1.807) is 19.2 Å². The highest BCUT2D eigenvalue weighted by atomic mass is 19.1. The molecule has 0 radical (unpaired) electrons. The van der Waals surface area contributed by atoms with Crippen LogP contribution in [0.3, 0.4) is 0 Å². The van der Waals surface area contributed by atoms with Crippen molar-refractivity contribution >= 4 is 17.3 Å². The molecule has 2 aromatic rings. The standard InChI is InChI=1S/C20H24FN3O2/c1-15-7-8-17(16(21)13-15)22-20(25)14-23-9-11-24(12-10-23)18-5-3-4-6-19(18)26-2/h3-8,13H,9-12,14H2,1-2H3,(H,22,25). The van der Waals surface area contributed by atoms with Gasteiger partial charge in [-0.1, -0.05) is 18.2 Å². The van der Waals surface area contributed by atoms with E-state index in [1.165, 1.54) is 6.07 Å². The van der Waals surface area contributed by atoms with Crippen LogP contribution in [-0.4, -0.2) is 50.6 Å². The fourth-order valence-electron chi connectivity index (χ4n) is 3.15. The van der Waals surface area contributed by atoms with Crippen molar-refractivity contribution in [1.29, 1.82) is 0 Å². The molecule has 138 valence electrons. The maximum absolute atomic E-state index is 13.9. The van der Waals surface area contributed by atoms with E-state index in [9.17, 15) is 9.18 Å². The summed E-state index contributed by atoms with van der Waals surface area (Å²) in [6, 6.07) is 12.7. The van der Waals surface area contributed by atoms with E-state index >= 15 is 0 Å². The summed E-state index contributed by atoms with van der Waals surface area (Å²) in [4.78, 5) is 16.6. The number of amides is 1. The Balaban J connectivity index is 1.53. The normalized spacial score (nSPS) is 15.0. The van der Waals surface area contributed by atoms with Crippen LogP contribution in [0.5, 0.6) is 5.75 Å². The smallest absolute Gasteiger partial charge is 0.238 e. The highest BCUT2D eigenvalue weighted by molar-refractivity contribution is 5.92. The quantitative estimate of drug-likeness (QED) is 0.894. The van der Waals surface area contributed by atoms with E-state index in [0.717, 1.165) is 43.2 Å². The van der Waals surface area contributed by atoms with Crippen LogP contribution in [0.15, 0.2) is 42.5 Å². The minimum atomic E-state index is -0.403. The largest absolute Gasteiger partial charge is 0.495 e. The van der Waals surface area contributed by atoms with Crippen molar-refractivity contribution in [3.8, 4) is 5.75 Å². The molecular formula is C20H24FN3O2. The van der Waals surface area contributed by atoms with Crippen LogP contribution in [0.2, 0.25) is 0 Å². The van der Waals surface area contributed by atoms with Gasteiger partial charge in [-0.05, 0) is 36.8 Å². The zero-order valence-electron chi connectivity index (χ0n) is 15.2. The number of methoxy groups -OCH3 is 1. The molecule has 1 heterocycles. The third-order valence-corrected chi connectivity index (χ3v) is 4.56. The van der Waals surface area contributed by atoms with Crippen LogP contribution in [0.1, 0.15) is 5.56 Å². The molecule has 5 nitrogen and oxygen atoms in total. The first-order chi connectivity index (χ1) is 12.6. The van der Waals surface area contributed by atoms with Crippen LogP contribution in [-0.2, 0) is 4.79 Å². The minimum Gasteiger partial charge on any atom is -0.495 e. The Morgan fingerprint density at radius 3 is 2.58 bits per heavy atom. The summed E-state index contributed by atoms with van der Waals surface area (Å²) in [5.41, 5.74) is 2.13. The number of hydrogen-bond donors (Lipinski definition) is 1. The van der Waals surface area contributed by atoms with Gasteiger partial charge < -0.3 is 15.0 Å². The predicted molar refractivity (Wildman–Crippen MR) is 101 cm³/mol. The summed E-state index contributed by atoms with van der Waals surface area (Å²) in [5.74, 6) is 0.256. The topological polar surface area (TPSA) is 44.8 Å². The van der Waals surface area contributed by atoms with Gasteiger partial charge in [0.2, 0.25) is 5.91 Å². The monoisotopic (exact) mass is 357 g/mol. The fourth-order valence-corrected chi connectivity index (χ4v) is 3.15. The molecule has 1 amide bonds. The van der Waals surface area contributed by atoms with Crippen molar-refractivity contribution in [3.63, 3.8) is 0 Å². The second-order valence-electron chi connectivity index (χ2n) is 6.47. The second kappa shape index (κ2) is 8.19. The number of benzene rings is 2. The summed E-state index contributed by atoms with van der Waals surface area (Å²) < 4.78 is 19.3. The Labute approximate surface area is 153 Å². The zero-order valence-corrected chi connectivity index (χ0v) is 15.2. The Kier molecular flexibility index (Phi) is 5.73. The number of ether oxygens (including phenoxy) is 1. The van der Waals surface area contributed by atoms with Crippen molar-refractivity contribution in [3.05, 3.63) is 53.8 Å². The van der Waals surface area contributed by atoms with Gasteiger partial charge in [0.15, 0.2) is 0 Å². The summed E-state index contributed by atoms with van der Waals surface area (Å²) in [6.07, 6.45) is 0. The fraction of sp³-hybridized carbons (Fsp3) is 0.350. The van der Waals surface area contributed by atoms with Gasteiger partial charge in [-0.25, -0.2) is 4.39 Å². The SMILES string of the molecule is COc1ccccc1N1CCN(CC(=O)Nc2ccc(C)cc2F)CC1. The molecule has 1 fully saturated rings. The van der Waals surface area contributed by atoms with Crippen molar-refractivity contribution < 1.29 is 13.9 Å². The number of nitrogens with zero attached hydrogens (tertiary/aromatic N) is 2. The lowest BCUT2D eigenvalue weighted by atomic mass is 10.2. The van der Waals surface area contributed by atoms with Crippen LogP contribution < -0.4 is 15.0 Å². The molecule has 0 bridgehead atoms. The molecule has 0 atom stereocenters. The van der Waals surface area contributed by atoms with Crippen molar-refractivity contribution in [1.82, 2.24) is 4.90 Å². The number of aryl methyl sites for hydroxylation is 1. The Bertz CT molecular complexity index is 773. The molecule has 1 aliphatic rings. The molecule has 2 aromatic carbocycles. The van der Waals surface area contributed by atoms with E-state index in [-0.39, 0.29) is 18.1 Å². The summed E-state index contributed by atoms with van der Waals surface area (Å²) in [6.45, 7) is 5.23. The number of para-hydroxylation sites is 2. The number of halogens is 1. The lowest BCUT2D eigenvalue weighted by Crippen LogP contribution is -2.48. The van der Waals surface area contributed by atoms with Gasteiger partial charge in [0.05, 0.1) is 25.0 Å². The van der Waals surface area contributed by atoms with Crippen LogP contribution in [0.4, 0.5) is 15.8 Å². The average molecular weight is 357 g/mol. The van der Waals surface area contributed by atoms with Crippen molar-refractivity contribution in [2.24, 2.45) is 0 Å². The number of piperazine rings is 1. The highest BCUT2D eigenvalue weighted by Gasteiger charge is 2.21. The average Bonchev–Trinajstić information content (AvgIpc) is 2.64. The summed E-state index contributed by atoms with van der Waals surface area (Å²) in [7, 11) is 1.67. The molecule has 0 aromatic heterocycles. The van der Waals surface area contributed by atoms with Crippen molar-refractivity contribution in [2.45, 2.75) is 6.92 Å². The molecule has 1 N–H and O–H groups in total. The maximum Gasteiger partial charge on any atom is 0.238 e. The number of carbonyl (C=O) groups excluding carboxylic acids is 1. The molecule has 0 aliphatic carbocycles. The predicted octanol–water partition coefficient (Wildman–Crippen LogP) is 2.90. The summed E-state index contributed by atoms with van der Waals surface area (Å²) in [5, 5.41) is 2.66. The zero-order chi connectivity index (χ0) is 18.5. The van der Waals surface area contributed by atoms with Gasteiger partial charge in [0.25, 0.3) is 0 Å². The van der Waals surface area contributed by atoms with Gasteiger partial charge in [-0.15, -0.1) is 0 Å².